The van der Waals surface area contributed by atoms with Gasteiger partial charge in [0.05, 0.1) is 0 Å². The molecule has 0 radical (unpaired) electrons. The van der Waals surface area contributed by atoms with Gasteiger partial charge in [0.1, 0.15) is 11.6 Å². The molecule has 0 saturated heterocycles. The van der Waals surface area contributed by atoms with E-state index in [4.69, 9.17) is 17.4 Å². The number of benzene rings is 2. The van der Waals surface area contributed by atoms with Gasteiger partial charge in [0.2, 0.25) is 0 Å². The van der Waals surface area contributed by atoms with Gasteiger partial charge in [0.15, 0.2) is 0 Å². The van der Waals surface area contributed by atoms with Gasteiger partial charge in [-0.3, -0.25) is 11.3 Å². The largest absolute Gasteiger partial charge is 0.271 e. The minimum Gasteiger partial charge on any atom is -0.271 e. The van der Waals surface area contributed by atoms with Crippen molar-refractivity contribution in [3.05, 3.63) is 68.7 Å². The molecule has 3 N–H and O–H groups in total. The van der Waals surface area contributed by atoms with Crippen molar-refractivity contribution in [2.24, 2.45) is 5.84 Å². The van der Waals surface area contributed by atoms with E-state index in [9.17, 15) is 8.78 Å². The molecule has 1 atom stereocenters. The van der Waals surface area contributed by atoms with Crippen molar-refractivity contribution in [3.63, 3.8) is 0 Å². The summed E-state index contributed by atoms with van der Waals surface area (Å²) < 4.78 is 27.5. The number of hydrogen-bond acceptors (Lipinski definition) is 2. The van der Waals surface area contributed by atoms with Gasteiger partial charge in [-0.2, -0.15) is 0 Å². The Bertz CT molecular complexity index is 617. The van der Waals surface area contributed by atoms with E-state index in [-0.39, 0.29) is 17.7 Å². The Morgan fingerprint density at radius 3 is 2.57 bits per heavy atom. The van der Waals surface area contributed by atoms with Gasteiger partial charge in [-0.05, 0) is 42.7 Å². The molecule has 6 heteroatoms. The molecule has 112 valence electrons. The third-order valence-corrected chi connectivity index (χ3v) is 4.32. The lowest BCUT2D eigenvalue weighted by Crippen LogP contribution is -2.38. The molecule has 1 unspecified atom stereocenters. The Balaban J connectivity index is 2.17. The number of halogens is 4. The number of rotatable bonds is 5. The SMILES string of the molecule is NNC(Cc1ccc(F)cc1Br)Cc1c(F)cccc1Cl. The van der Waals surface area contributed by atoms with Crippen LogP contribution < -0.4 is 11.3 Å². The van der Waals surface area contributed by atoms with Crippen LogP contribution in [0.5, 0.6) is 0 Å². The van der Waals surface area contributed by atoms with Crippen LogP contribution in [0, 0.1) is 11.6 Å². The third kappa shape index (κ3) is 4.23. The molecule has 0 aliphatic heterocycles. The highest BCUT2D eigenvalue weighted by atomic mass is 79.9. The summed E-state index contributed by atoms with van der Waals surface area (Å²) in [5.74, 6) is 4.86. The first kappa shape index (κ1) is 16.4. The van der Waals surface area contributed by atoms with Crippen LogP contribution >= 0.6 is 27.5 Å². The lowest BCUT2D eigenvalue weighted by molar-refractivity contribution is 0.505. The molecule has 2 nitrogen and oxygen atoms in total. The molecule has 0 heterocycles. The number of nitrogens with two attached hydrogens (primary N) is 1. The first-order valence-corrected chi connectivity index (χ1v) is 7.51. The number of hydrogen-bond donors (Lipinski definition) is 2. The highest BCUT2D eigenvalue weighted by Gasteiger charge is 2.16. The predicted molar refractivity (Wildman–Crippen MR) is 84.0 cm³/mol. The normalized spacial score (nSPS) is 12.4. The van der Waals surface area contributed by atoms with Gasteiger partial charge in [0.25, 0.3) is 0 Å². The monoisotopic (exact) mass is 374 g/mol. The predicted octanol–water partition coefficient (Wildman–Crippen LogP) is 4.00. The molecule has 0 aliphatic carbocycles. The fraction of sp³-hybridized carbons (Fsp3) is 0.200. The van der Waals surface area contributed by atoms with Crippen molar-refractivity contribution in [1.29, 1.82) is 0 Å². The molecule has 0 spiro atoms. The van der Waals surface area contributed by atoms with Crippen LogP contribution in [0.4, 0.5) is 8.78 Å². The topological polar surface area (TPSA) is 38.0 Å². The summed E-state index contributed by atoms with van der Waals surface area (Å²) in [4.78, 5) is 0. The Hall–Kier alpha value is -1.01. The maximum Gasteiger partial charge on any atom is 0.127 e. The van der Waals surface area contributed by atoms with Crippen LogP contribution in [0.2, 0.25) is 5.02 Å². The van der Waals surface area contributed by atoms with Crippen LogP contribution in [0.1, 0.15) is 11.1 Å². The molecule has 0 amide bonds. The fourth-order valence-electron chi connectivity index (χ4n) is 2.12. The smallest absolute Gasteiger partial charge is 0.127 e. The van der Waals surface area contributed by atoms with Crippen molar-refractivity contribution in [3.8, 4) is 0 Å². The zero-order chi connectivity index (χ0) is 15.4. The van der Waals surface area contributed by atoms with Gasteiger partial charge in [0, 0.05) is 21.1 Å². The summed E-state index contributed by atoms with van der Waals surface area (Å²) >= 11 is 9.33. The molecule has 0 aliphatic rings. The molecule has 0 aromatic heterocycles. The summed E-state index contributed by atoms with van der Waals surface area (Å²) in [6, 6.07) is 8.78. The Labute approximate surface area is 135 Å². The summed E-state index contributed by atoms with van der Waals surface area (Å²) in [5, 5.41) is 0.369. The third-order valence-electron chi connectivity index (χ3n) is 3.23. The van der Waals surface area contributed by atoms with E-state index in [2.05, 4.69) is 21.4 Å². The van der Waals surface area contributed by atoms with Crippen molar-refractivity contribution in [2.75, 3.05) is 0 Å². The molecule has 2 rings (SSSR count). The highest BCUT2D eigenvalue weighted by Crippen LogP contribution is 2.23. The van der Waals surface area contributed by atoms with Crippen LogP contribution in [-0.2, 0) is 12.8 Å². The second-order valence-corrected chi connectivity index (χ2v) is 5.97. The van der Waals surface area contributed by atoms with Gasteiger partial charge < -0.3 is 0 Å². The Kier molecular flexibility index (Phi) is 5.70. The van der Waals surface area contributed by atoms with E-state index in [0.717, 1.165) is 5.56 Å². The minimum absolute atomic E-state index is 0.221. The van der Waals surface area contributed by atoms with E-state index in [1.54, 1.807) is 18.2 Å². The number of nitrogens with one attached hydrogen (secondary N) is 1. The van der Waals surface area contributed by atoms with E-state index in [0.29, 0.717) is 27.9 Å². The first-order valence-electron chi connectivity index (χ1n) is 6.34. The molecule has 0 bridgehead atoms. The van der Waals surface area contributed by atoms with Crippen LogP contribution in [0.25, 0.3) is 0 Å². The maximum absolute atomic E-state index is 13.8. The lowest BCUT2D eigenvalue weighted by atomic mass is 9.99. The molecular formula is C15H14BrClF2N2. The molecule has 2 aromatic carbocycles. The summed E-state index contributed by atoms with van der Waals surface area (Å²) in [6.45, 7) is 0. The fourth-order valence-corrected chi connectivity index (χ4v) is 2.87. The van der Waals surface area contributed by atoms with Crippen LogP contribution in [-0.4, -0.2) is 6.04 Å². The number of hydrazine groups is 1. The van der Waals surface area contributed by atoms with Crippen LogP contribution in [0.3, 0.4) is 0 Å². The second-order valence-electron chi connectivity index (χ2n) is 4.71. The van der Waals surface area contributed by atoms with Crippen molar-refractivity contribution in [2.45, 2.75) is 18.9 Å². The van der Waals surface area contributed by atoms with E-state index in [1.165, 1.54) is 18.2 Å². The van der Waals surface area contributed by atoms with Crippen molar-refractivity contribution in [1.82, 2.24) is 5.43 Å². The van der Waals surface area contributed by atoms with Crippen molar-refractivity contribution >= 4 is 27.5 Å². The van der Waals surface area contributed by atoms with Gasteiger partial charge in [-0.15, -0.1) is 0 Å². The Morgan fingerprint density at radius 2 is 1.95 bits per heavy atom. The molecule has 21 heavy (non-hydrogen) atoms. The van der Waals surface area contributed by atoms with E-state index < -0.39 is 0 Å². The Morgan fingerprint density at radius 1 is 1.19 bits per heavy atom. The molecular weight excluding hydrogens is 362 g/mol. The van der Waals surface area contributed by atoms with Gasteiger partial charge in [-0.1, -0.05) is 39.7 Å². The minimum atomic E-state index is -0.360. The molecule has 0 fully saturated rings. The van der Waals surface area contributed by atoms with Crippen LogP contribution in [0.15, 0.2) is 40.9 Å². The van der Waals surface area contributed by atoms with Gasteiger partial charge in [-0.25, -0.2) is 8.78 Å². The van der Waals surface area contributed by atoms with E-state index in [1.807, 2.05) is 0 Å². The lowest BCUT2D eigenvalue weighted by Gasteiger charge is -2.18. The van der Waals surface area contributed by atoms with Gasteiger partial charge >= 0.3 is 0 Å². The summed E-state index contributed by atoms with van der Waals surface area (Å²) in [5.41, 5.74) is 3.95. The highest BCUT2D eigenvalue weighted by molar-refractivity contribution is 9.10. The molecule has 2 aromatic rings. The molecule has 0 saturated carbocycles. The van der Waals surface area contributed by atoms with E-state index >= 15 is 0 Å². The van der Waals surface area contributed by atoms with Crippen molar-refractivity contribution < 1.29 is 8.78 Å². The first-order chi connectivity index (χ1) is 10.0. The summed E-state index contributed by atoms with van der Waals surface area (Å²) in [7, 11) is 0. The average Bonchev–Trinajstić information content (AvgIpc) is 2.44. The quantitative estimate of drug-likeness (QED) is 0.612. The zero-order valence-electron chi connectivity index (χ0n) is 11.0. The average molecular weight is 376 g/mol. The standard InChI is InChI=1S/C15H14BrClF2N2/c16-13-7-10(18)5-4-9(13)6-11(21-20)8-12-14(17)2-1-3-15(12)19/h1-5,7,11,21H,6,8,20H2. The maximum atomic E-state index is 13.8. The summed E-state index contributed by atoms with van der Waals surface area (Å²) in [6.07, 6.45) is 0.855. The zero-order valence-corrected chi connectivity index (χ0v) is 13.4. The second kappa shape index (κ2) is 7.31.